The van der Waals surface area contributed by atoms with E-state index in [1.165, 1.54) is 0 Å². The standard InChI is InChI=1S/C20H21NO3/c1-4-14-6-7-16-15(11-20(22)24-19(16)10-14)12-21-17-9-13(2)5-8-18(17)23-3/h5-11,21H,4,12H2,1-3H3. The summed E-state index contributed by atoms with van der Waals surface area (Å²) in [6.07, 6.45) is 0.905. The molecule has 1 heterocycles. The zero-order chi connectivity index (χ0) is 17.1. The second-order valence-electron chi connectivity index (χ2n) is 5.83. The van der Waals surface area contributed by atoms with Crippen LogP contribution in [-0.4, -0.2) is 7.11 Å². The van der Waals surface area contributed by atoms with Crippen LogP contribution < -0.4 is 15.7 Å². The van der Waals surface area contributed by atoms with Crippen molar-refractivity contribution in [3.05, 3.63) is 69.6 Å². The monoisotopic (exact) mass is 323 g/mol. The van der Waals surface area contributed by atoms with Gasteiger partial charge in [-0.15, -0.1) is 0 Å². The second-order valence-corrected chi connectivity index (χ2v) is 5.83. The first-order chi connectivity index (χ1) is 11.6. The Balaban J connectivity index is 1.96. The van der Waals surface area contributed by atoms with Crippen LogP contribution in [0.25, 0.3) is 11.0 Å². The summed E-state index contributed by atoms with van der Waals surface area (Å²) in [5.74, 6) is 0.779. The molecule has 4 nitrogen and oxygen atoms in total. The molecule has 0 unspecified atom stereocenters. The molecule has 3 aromatic rings. The Hall–Kier alpha value is -2.75. The van der Waals surface area contributed by atoms with Crippen molar-refractivity contribution in [2.45, 2.75) is 26.8 Å². The molecule has 0 spiro atoms. The van der Waals surface area contributed by atoms with Gasteiger partial charge < -0.3 is 14.5 Å². The van der Waals surface area contributed by atoms with E-state index in [0.29, 0.717) is 12.1 Å². The minimum absolute atomic E-state index is 0.330. The van der Waals surface area contributed by atoms with Crippen LogP contribution in [0, 0.1) is 6.92 Å². The first kappa shape index (κ1) is 16.1. The van der Waals surface area contributed by atoms with Crippen molar-refractivity contribution in [1.29, 1.82) is 0 Å². The smallest absolute Gasteiger partial charge is 0.336 e. The van der Waals surface area contributed by atoms with E-state index in [4.69, 9.17) is 9.15 Å². The van der Waals surface area contributed by atoms with Gasteiger partial charge in [0.05, 0.1) is 12.8 Å². The van der Waals surface area contributed by atoms with E-state index in [0.717, 1.165) is 39.9 Å². The number of benzene rings is 2. The molecule has 4 heteroatoms. The predicted octanol–water partition coefficient (Wildman–Crippen LogP) is 4.28. The third-order valence-electron chi connectivity index (χ3n) is 4.13. The molecule has 0 aliphatic heterocycles. The maximum Gasteiger partial charge on any atom is 0.336 e. The van der Waals surface area contributed by atoms with Crippen LogP contribution >= 0.6 is 0 Å². The van der Waals surface area contributed by atoms with Crippen molar-refractivity contribution in [2.24, 2.45) is 0 Å². The molecule has 0 fully saturated rings. The van der Waals surface area contributed by atoms with Gasteiger partial charge >= 0.3 is 5.63 Å². The Labute approximate surface area is 141 Å². The third kappa shape index (κ3) is 3.27. The van der Waals surface area contributed by atoms with Gasteiger partial charge in [-0.2, -0.15) is 0 Å². The minimum Gasteiger partial charge on any atom is -0.495 e. The van der Waals surface area contributed by atoms with Crippen molar-refractivity contribution >= 4 is 16.7 Å². The maximum absolute atomic E-state index is 11.9. The van der Waals surface area contributed by atoms with Crippen molar-refractivity contribution < 1.29 is 9.15 Å². The number of methoxy groups -OCH3 is 1. The topological polar surface area (TPSA) is 51.5 Å². The Morgan fingerprint density at radius 2 is 1.96 bits per heavy atom. The highest BCUT2D eigenvalue weighted by Crippen LogP contribution is 2.27. The molecule has 0 bridgehead atoms. The van der Waals surface area contributed by atoms with E-state index in [2.05, 4.69) is 18.3 Å². The van der Waals surface area contributed by atoms with E-state index in [9.17, 15) is 4.79 Å². The average molecular weight is 323 g/mol. The largest absolute Gasteiger partial charge is 0.495 e. The van der Waals surface area contributed by atoms with Gasteiger partial charge in [-0.05, 0) is 48.2 Å². The molecule has 124 valence electrons. The zero-order valence-corrected chi connectivity index (χ0v) is 14.2. The van der Waals surface area contributed by atoms with Crippen LogP contribution in [0.1, 0.15) is 23.6 Å². The number of aryl methyl sites for hydroxylation is 2. The van der Waals surface area contributed by atoms with Crippen LogP contribution in [-0.2, 0) is 13.0 Å². The van der Waals surface area contributed by atoms with Gasteiger partial charge in [0.1, 0.15) is 11.3 Å². The summed E-state index contributed by atoms with van der Waals surface area (Å²) >= 11 is 0. The number of anilines is 1. The van der Waals surface area contributed by atoms with Gasteiger partial charge in [0.25, 0.3) is 0 Å². The van der Waals surface area contributed by atoms with E-state index >= 15 is 0 Å². The quantitative estimate of drug-likeness (QED) is 0.712. The summed E-state index contributed by atoms with van der Waals surface area (Å²) in [4.78, 5) is 11.9. The molecule has 0 radical (unpaired) electrons. The molecular formula is C20H21NO3. The molecule has 0 aliphatic carbocycles. The summed E-state index contributed by atoms with van der Waals surface area (Å²) < 4.78 is 10.7. The predicted molar refractivity (Wildman–Crippen MR) is 96.9 cm³/mol. The highest BCUT2D eigenvalue weighted by Gasteiger charge is 2.08. The first-order valence-corrected chi connectivity index (χ1v) is 8.05. The van der Waals surface area contributed by atoms with Crippen LogP contribution in [0.3, 0.4) is 0 Å². The SMILES string of the molecule is CCc1ccc2c(CNc3cc(C)ccc3OC)cc(=O)oc2c1. The van der Waals surface area contributed by atoms with Crippen LogP contribution in [0.5, 0.6) is 5.75 Å². The molecule has 0 atom stereocenters. The first-order valence-electron chi connectivity index (χ1n) is 8.05. The normalized spacial score (nSPS) is 10.8. The van der Waals surface area contributed by atoms with Gasteiger partial charge in [0.2, 0.25) is 0 Å². The number of ether oxygens (including phenoxy) is 1. The lowest BCUT2D eigenvalue weighted by Crippen LogP contribution is -2.07. The summed E-state index contributed by atoms with van der Waals surface area (Å²) in [5.41, 5.74) is 4.41. The van der Waals surface area contributed by atoms with Crippen LogP contribution in [0.2, 0.25) is 0 Å². The Morgan fingerprint density at radius 1 is 1.12 bits per heavy atom. The van der Waals surface area contributed by atoms with Gasteiger partial charge in [-0.1, -0.05) is 25.1 Å². The van der Waals surface area contributed by atoms with E-state index in [-0.39, 0.29) is 5.63 Å². The molecule has 1 aromatic heterocycles. The fourth-order valence-electron chi connectivity index (χ4n) is 2.79. The van der Waals surface area contributed by atoms with Gasteiger partial charge in [0.15, 0.2) is 0 Å². The molecule has 2 aromatic carbocycles. The highest BCUT2D eigenvalue weighted by molar-refractivity contribution is 5.81. The number of nitrogens with one attached hydrogen (secondary N) is 1. The van der Waals surface area contributed by atoms with Crippen molar-refractivity contribution in [3.8, 4) is 5.75 Å². The fourth-order valence-corrected chi connectivity index (χ4v) is 2.79. The average Bonchev–Trinajstić information content (AvgIpc) is 2.59. The van der Waals surface area contributed by atoms with Crippen molar-refractivity contribution in [3.63, 3.8) is 0 Å². The molecule has 0 amide bonds. The van der Waals surface area contributed by atoms with E-state index in [1.54, 1.807) is 13.2 Å². The summed E-state index contributed by atoms with van der Waals surface area (Å²) in [7, 11) is 1.65. The number of hydrogen-bond acceptors (Lipinski definition) is 4. The zero-order valence-electron chi connectivity index (χ0n) is 14.2. The van der Waals surface area contributed by atoms with Gasteiger partial charge in [-0.3, -0.25) is 0 Å². The van der Waals surface area contributed by atoms with E-state index in [1.807, 2.05) is 37.3 Å². The summed E-state index contributed by atoms with van der Waals surface area (Å²) in [6, 6.07) is 13.5. The third-order valence-corrected chi connectivity index (χ3v) is 4.13. The van der Waals surface area contributed by atoms with Crippen LogP contribution in [0.4, 0.5) is 5.69 Å². The van der Waals surface area contributed by atoms with Crippen LogP contribution in [0.15, 0.2) is 51.7 Å². The lowest BCUT2D eigenvalue weighted by molar-refractivity contribution is 0.416. The lowest BCUT2D eigenvalue weighted by atomic mass is 10.1. The van der Waals surface area contributed by atoms with Gasteiger partial charge in [0, 0.05) is 18.0 Å². The molecule has 24 heavy (non-hydrogen) atoms. The molecule has 0 saturated carbocycles. The van der Waals surface area contributed by atoms with Crippen molar-refractivity contribution in [1.82, 2.24) is 0 Å². The lowest BCUT2D eigenvalue weighted by Gasteiger charge is -2.13. The minimum atomic E-state index is -0.330. The summed E-state index contributed by atoms with van der Waals surface area (Å²) in [5, 5.41) is 4.31. The highest BCUT2D eigenvalue weighted by atomic mass is 16.5. The van der Waals surface area contributed by atoms with E-state index < -0.39 is 0 Å². The molecular weight excluding hydrogens is 302 g/mol. The fraction of sp³-hybridized carbons (Fsp3) is 0.250. The second kappa shape index (κ2) is 6.79. The Bertz CT molecular complexity index is 928. The Kier molecular flexibility index (Phi) is 4.56. The van der Waals surface area contributed by atoms with Gasteiger partial charge in [-0.25, -0.2) is 4.79 Å². The number of fused-ring (bicyclic) bond motifs is 1. The molecule has 0 saturated heterocycles. The maximum atomic E-state index is 11.9. The summed E-state index contributed by atoms with van der Waals surface area (Å²) in [6.45, 7) is 4.63. The molecule has 3 rings (SSSR count). The molecule has 1 N–H and O–H groups in total. The number of rotatable bonds is 5. The number of hydrogen-bond donors (Lipinski definition) is 1. The Morgan fingerprint density at radius 3 is 2.71 bits per heavy atom. The van der Waals surface area contributed by atoms with Crippen molar-refractivity contribution in [2.75, 3.05) is 12.4 Å². The molecule has 0 aliphatic rings.